The lowest BCUT2D eigenvalue weighted by atomic mass is 9.90. The van der Waals surface area contributed by atoms with E-state index in [4.69, 9.17) is 21.1 Å². The van der Waals surface area contributed by atoms with Gasteiger partial charge in [-0.15, -0.1) is 0 Å². The van der Waals surface area contributed by atoms with Crippen molar-refractivity contribution < 1.29 is 24.2 Å². The second-order valence-corrected chi connectivity index (χ2v) is 6.35. The summed E-state index contributed by atoms with van der Waals surface area (Å²) in [5.41, 5.74) is -0.154. The van der Waals surface area contributed by atoms with Crippen molar-refractivity contribution in [3.05, 3.63) is 28.8 Å². The lowest BCUT2D eigenvalue weighted by Gasteiger charge is -2.18. The van der Waals surface area contributed by atoms with E-state index < -0.39 is 11.4 Å². The first-order valence-corrected chi connectivity index (χ1v) is 7.56. The van der Waals surface area contributed by atoms with Gasteiger partial charge in [-0.3, -0.25) is 9.59 Å². The number of amides is 1. The van der Waals surface area contributed by atoms with Crippen molar-refractivity contribution in [2.75, 3.05) is 19.9 Å². The second-order valence-electron chi connectivity index (χ2n) is 5.95. The molecule has 0 bridgehead atoms. The number of likely N-dealkylation sites (tertiary alicyclic amines) is 1. The molecule has 0 aromatic heterocycles. The third-order valence-corrected chi connectivity index (χ3v) is 4.45. The molecule has 0 aliphatic carbocycles. The Hall–Kier alpha value is -2.21. The van der Waals surface area contributed by atoms with Gasteiger partial charge in [-0.2, -0.15) is 0 Å². The first-order valence-electron chi connectivity index (χ1n) is 7.18. The molecule has 23 heavy (non-hydrogen) atoms. The molecule has 0 radical (unpaired) electrons. The average Bonchev–Trinajstić information content (AvgIpc) is 3.12. The number of hydrogen-bond acceptors (Lipinski definition) is 4. The van der Waals surface area contributed by atoms with Gasteiger partial charge in [0.25, 0.3) is 0 Å². The van der Waals surface area contributed by atoms with Gasteiger partial charge in [0.05, 0.1) is 10.4 Å². The zero-order valence-corrected chi connectivity index (χ0v) is 13.3. The maximum absolute atomic E-state index is 12.2. The van der Waals surface area contributed by atoms with Crippen LogP contribution in [0.3, 0.4) is 0 Å². The zero-order valence-electron chi connectivity index (χ0n) is 12.5. The summed E-state index contributed by atoms with van der Waals surface area (Å²) in [4.78, 5) is 25.0. The average molecular weight is 338 g/mol. The Labute approximate surface area is 138 Å². The molecule has 0 spiro atoms. The van der Waals surface area contributed by atoms with Gasteiger partial charge < -0.3 is 19.5 Å². The molecule has 2 aliphatic heterocycles. The fourth-order valence-electron chi connectivity index (χ4n) is 2.68. The molecule has 1 N–H and O–H groups in total. The molecule has 3 rings (SSSR count). The molecule has 1 amide bonds. The van der Waals surface area contributed by atoms with Crippen molar-refractivity contribution in [1.29, 1.82) is 0 Å². The molecule has 1 unspecified atom stereocenters. The molecule has 2 aliphatic rings. The molecule has 122 valence electrons. The van der Waals surface area contributed by atoms with Crippen LogP contribution in [0.25, 0.3) is 6.08 Å². The van der Waals surface area contributed by atoms with Crippen LogP contribution in [0.15, 0.2) is 18.2 Å². The number of carbonyl (C=O) groups excluding carboxylic acids is 1. The monoisotopic (exact) mass is 337 g/mol. The molecule has 7 heteroatoms. The summed E-state index contributed by atoms with van der Waals surface area (Å²) in [5.74, 6) is -0.0424. The fourth-order valence-corrected chi connectivity index (χ4v) is 2.95. The Kier molecular flexibility index (Phi) is 3.93. The van der Waals surface area contributed by atoms with Crippen LogP contribution in [-0.4, -0.2) is 41.8 Å². The number of hydrogen-bond donors (Lipinski definition) is 1. The molecule has 1 aromatic carbocycles. The van der Waals surface area contributed by atoms with Crippen molar-refractivity contribution in [2.45, 2.75) is 13.3 Å². The number of ether oxygens (including phenoxy) is 2. The molecule has 2 heterocycles. The van der Waals surface area contributed by atoms with Gasteiger partial charge >= 0.3 is 5.97 Å². The summed E-state index contributed by atoms with van der Waals surface area (Å²) in [7, 11) is 0. The Morgan fingerprint density at radius 2 is 2.17 bits per heavy atom. The van der Waals surface area contributed by atoms with Crippen molar-refractivity contribution in [3.63, 3.8) is 0 Å². The van der Waals surface area contributed by atoms with Crippen LogP contribution in [-0.2, 0) is 9.59 Å². The van der Waals surface area contributed by atoms with Gasteiger partial charge in [0, 0.05) is 19.2 Å². The van der Waals surface area contributed by atoms with Crippen molar-refractivity contribution >= 4 is 29.6 Å². The largest absolute Gasteiger partial charge is 0.481 e. The lowest BCUT2D eigenvalue weighted by molar-refractivity contribution is -0.147. The summed E-state index contributed by atoms with van der Waals surface area (Å²) in [6.07, 6.45) is 3.51. The highest BCUT2D eigenvalue weighted by Crippen LogP contribution is 2.40. The predicted molar refractivity (Wildman–Crippen MR) is 83.5 cm³/mol. The van der Waals surface area contributed by atoms with Gasteiger partial charge in [0.1, 0.15) is 0 Å². The number of fused-ring (bicyclic) bond motifs is 1. The van der Waals surface area contributed by atoms with Crippen LogP contribution in [0.1, 0.15) is 18.9 Å². The van der Waals surface area contributed by atoms with E-state index >= 15 is 0 Å². The van der Waals surface area contributed by atoms with E-state index in [0.29, 0.717) is 35.1 Å². The van der Waals surface area contributed by atoms with E-state index in [1.807, 2.05) is 0 Å². The number of rotatable bonds is 3. The molecular formula is C16H16ClNO5. The van der Waals surface area contributed by atoms with Gasteiger partial charge in [0.2, 0.25) is 12.7 Å². The minimum absolute atomic E-state index is 0.128. The predicted octanol–water partition coefficient (Wildman–Crippen LogP) is 2.41. The van der Waals surface area contributed by atoms with E-state index in [0.717, 1.165) is 0 Å². The summed E-state index contributed by atoms with van der Waals surface area (Å²) in [6.45, 7) is 2.44. The first kappa shape index (κ1) is 15.7. The van der Waals surface area contributed by atoms with Gasteiger partial charge in [-0.25, -0.2) is 0 Å². The fraction of sp³-hybridized carbons (Fsp3) is 0.375. The maximum atomic E-state index is 12.2. The SMILES string of the molecule is CC1(C(=O)O)CCN(C(=O)C=Cc2cc(Cl)c3c(c2)OCO3)C1. The number of halogens is 1. The third kappa shape index (κ3) is 2.99. The standard InChI is InChI=1S/C16H16ClNO5/c1-16(15(20)21)4-5-18(8-16)13(19)3-2-10-6-11(17)14-12(7-10)22-9-23-14/h2-3,6-7H,4-5,8-9H2,1H3,(H,20,21). The number of nitrogens with zero attached hydrogens (tertiary/aromatic N) is 1. The summed E-state index contributed by atoms with van der Waals surface area (Å²) >= 11 is 6.09. The van der Waals surface area contributed by atoms with Gasteiger partial charge in [0.15, 0.2) is 11.5 Å². The van der Waals surface area contributed by atoms with Crippen LogP contribution in [0, 0.1) is 5.41 Å². The highest BCUT2D eigenvalue weighted by Gasteiger charge is 2.41. The molecule has 0 saturated carbocycles. The summed E-state index contributed by atoms with van der Waals surface area (Å²) in [6, 6.07) is 3.42. The van der Waals surface area contributed by atoms with E-state index in [1.165, 1.54) is 6.08 Å². The number of carboxylic acid groups (broad SMARTS) is 1. The van der Waals surface area contributed by atoms with Crippen molar-refractivity contribution in [1.82, 2.24) is 4.90 Å². The van der Waals surface area contributed by atoms with Crippen LogP contribution in [0.5, 0.6) is 11.5 Å². The van der Waals surface area contributed by atoms with Gasteiger partial charge in [-0.05, 0) is 37.1 Å². The molecule has 1 fully saturated rings. The molecule has 1 aromatic rings. The van der Waals surface area contributed by atoms with E-state index in [2.05, 4.69) is 0 Å². The molecule has 6 nitrogen and oxygen atoms in total. The quantitative estimate of drug-likeness (QED) is 0.857. The Morgan fingerprint density at radius 3 is 2.87 bits per heavy atom. The maximum Gasteiger partial charge on any atom is 0.311 e. The van der Waals surface area contributed by atoms with Crippen molar-refractivity contribution in [3.8, 4) is 11.5 Å². The van der Waals surface area contributed by atoms with Crippen LogP contribution >= 0.6 is 11.6 Å². The molecular weight excluding hydrogens is 322 g/mol. The van der Waals surface area contributed by atoms with Crippen LogP contribution in [0.4, 0.5) is 0 Å². The van der Waals surface area contributed by atoms with E-state index in [1.54, 1.807) is 30.0 Å². The second kappa shape index (κ2) is 5.77. The normalized spacial score (nSPS) is 22.8. The van der Waals surface area contributed by atoms with E-state index in [9.17, 15) is 14.7 Å². The molecule has 1 saturated heterocycles. The highest BCUT2D eigenvalue weighted by molar-refractivity contribution is 6.32. The van der Waals surface area contributed by atoms with Crippen molar-refractivity contribution in [2.24, 2.45) is 5.41 Å². The minimum atomic E-state index is -0.876. The third-order valence-electron chi connectivity index (χ3n) is 4.17. The Balaban J connectivity index is 1.70. The number of benzene rings is 1. The Morgan fingerprint density at radius 1 is 1.39 bits per heavy atom. The van der Waals surface area contributed by atoms with Gasteiger partial charge in [-0.1, -0.05) is 11.6 Å². The number of carbonyl (C=O) groups is 2. The smallest absolute Gasteiger partial charge is 0.311 e. The summed E-state index contributed by atoms with van der Waals surface area (Å²) in [5, 5.41) is 9.63. The zero-order chi connectivity index (χ0) is 16.6. The molecule has 1 atom stereocenters. The van der Waals surface area contributed by atoms with Crippen LogP contribution in [0.2, 0.25) is 5.02 Å². The number of aliphatic carboxylic acids is 1. The van der Waals surface area contributed by atoms with E-state index in [-0.39, 0.29) is 19.2 Å². The highest BCUT2D eigenvalue weighted by atomic mass is 35.5. The summed E-state index contributed by atoms with van der Waals surface area (Å²) < 4.78 is 10.5. The topological polar surface area (TPSA) is 76.1 Å². The number of carboxylic acids is 1. The lowest BCUT2D eigenvalue weighted by Crippen LogP contribution is -2.34. The van der Waals surface area contributed by atoms with Crippen LogP contribution < -0.4 is 9.47 Å². The first-order chi connectivity index (χ1) is 10.9. The minimum Gasteiger partial charge on any atom is -0.481 e. The Bertz CT molecular complexity index is 702.